The Morgan fingerprint density at radius 2 is 2.00 bits per heavy atom. The van der Waals surface area contributed by atoms with Crippen molar-refractivity contribution in [3.05, 3.63) is 0 Å². The molecule has 0 aromatic heterocycles. The van der Waals surface area contributed by atoms with Gasteiger partial charge in [-0.3, -0.25) is 4.79 Å². The van der Waals surface area contributed by atoms with Crippen molar-refractivity contribution in [3.63, 3.8) is 0 Å². The van der Waals surface area contributed by atoms with E-state index in [-0.39, 0.29) is 25.3 Å². The maximum atomic E-state index is 10.9. The molecule has 1 saturated carbocycles. The molecule has 3 nitrogen and oxygen atoms in total. The second-order valence-electron chi connectivity index (χ2n) is 5.60. The van der Waals surface area contributed by atoms with Gasteiger partial charge in [0.15, 0.2) is 12.1 Å². The quantitative estimate of drug-likeness (QED) is 0.703. The van der Waals surface area contributed by atoms with Crippen molar-refractivity contribution in [1.29, 1.82) is 0 Å². The Morgan fingerprint density at radius 3 is 2.53 bits per heavy atom. The standard InChI is InChI=1S/C12H20O3/c1-12(2)4-3-9(6-12)5-11-14-7-10(13)8-15-11/h9,11H,3-8H2,1-2H3. The molecule has 1 atom stereocenters. The highest BCUT2D eigenvalue weighted by Crippen LogP contribution is 2.43. The molecule has 2 aliphatic rings. The summed E-state index contributed by atoms with van der Waals surface area (Å²) < 4.78 is 10.7. The van der Waals surface area contributed by atoms with Crippen LogP contribution < -0.4 is 0 Å². The van der Waals surface area contributed by atoms with E-state index in [0.29, 0.717) is 11.3 Å². The molecule has 15 heavy (non-hydrogen) atoms. The Bertz CT molecular complexity index is 237. The lowest BCUT2D eigenvalue weighted by Crippen LogP contribution is -2.33. The third kappa shape index (κ3) is 3.02. The first kappa shape index (κ1) is 11.1. The molecule has 86 valence electrons. The molecule has 0 bridgehead atoms. The Balaban J connectivity index is 1.76. The van der Waals surface area contributed by atoms with Gasteiger partial charge in [-0.05, 0) is 30.6 Å². The third-order valence-electron chi connectivity index (χ3n) is 3.46. The van der Waals surface area contributed by atoms with Gasteiger partial charge in [-0.15, -0.1) is 0 Å². The van der Waals surface area contributed by atoms with E-state index in [9.17, 15) is 4.79 Å². The van der Waals surface area contributed by atoms with Crippen molar-refractivity contribution >= 4 is 5.78 Å². The fourth-order valence-corrected chi connectivity index (χ4v) is 2.65. The van der Waals surface area contributed by atoms with Crippen LogP contribution in [-0.2, 0) is 14.3 Å². The second-order valence-corrected chi connectivity index (χ2v) is 5.60. The Hall–Kier alpha value is -0.410. The summed E-state index contributed by atoms with van der Waals surface area (Å²) in [7, 11) is 0. The van der Waals surface area contributed by atoms with Gasteiger partial charge in [0, 0.05) is 6.42 Å². The first-order chi connectivity index (χ1) is 7.05. The van der Waals surface area contributed by atoms with Crippen molar-refractivity contribution in [1.82, 2.24) is 0 Å². The molecule has 1 heterocycles. The molecule has 1 aliphatic carbocycles. The maximum Gasteiger partial charge on any atom is 0.184 e. The summed E-state index contributed by atoms with van der Waals surface area (Å²) in [6.45, 7) is 5.11. The van der Waals surface area contributed by atoms with E-state index in [4.69, 9.17) is 9.47 Å². The molecule has 1 unspecified atom stereocenters. The molecule has 0 aromatic rings. The van der Waals surface area contributed by atoms with Crippen molar-refractivity contribution < 1.29 is 14.3 Å². The summed E-state index contributed by atoms with van der Waals surface area (Å²) in [4.78, 5) is 10.9. The van der Waals surface area contributed by atoms with Gasteiger partial charge in [0.05, 0.1) is 0 Å². The van der Waals surface area contributed by atoms with E-state index < -0.39 is 0 Å². The van der Waals surface area contributed by atoms with Crippen LogP contribution in [0.25, 0.3) is 0 Å². The number of ether oxygens (including phenoxy) is 2. The minimum Gasteiger partial charge on any atom is -0.345 e. The van der Waals surface area contributed by atoms with Crippen LogP contribution in [0.1, 0.15) is 39.5 Å². The van der Waals surface area contributed by atoms with Gasteiger partial charge in [-0.2, -0.15) is 0 Å². The summed E-state index contributed by atoms with van der Waals surface area (Å²) in [6, 6.07) is 0. The van der Waals surface area contributed by atoms with E-state index in [1.54, 1.807) is 0 Å². The van der Waals surface area contributed by atoms with E-state index in [1.165, 1.54) is 19.3 Å². The minimum absolute atomic E-state index is 0.0537. The van der Waals surface area contributed by atoms with Crippen molar-refractivity contribution in [3.8, 4) is 0 Å². The van der Waals surface area contributed by atoms with E-state index in [0.717, 1.165) is 6.42 Å². The number of Topliss-reactive ketones (excluding diaryl/α,β-unsaturated/α-hetero) is 1. The highest BCUT2D eigenvalue weighted by Gasteiger charge is 2.33. The number of carbonyl (C=O) groups excluding carboxylic acids is 1. The van der Waals surface area contributed by atoms with Gasteiger partial charge in [-0.1, -0.05) is 13.8 Å². The molecule has 0 N–H and O–H groups in total. The number of rotatable bonds is 2. The van der Waals surface area contributed by atoms with E-state index in [1.807, 2.05) is 0 Å². The van der Waals surface area contributed by atoms with Gasteiger partial charge in [-0.25, -0.2) is 0 Å². The normalized spacial score (nSPS) is 32.1. The van der Waals surface area contributed by atoms with Crippen LogP contribution in [0.3, 0.4) is 0 Å². The summed E-state index contributed by atoms with van der Waals surface area (Å²) in [5, 5.41) is 0. The first-order valence-corrected chi connectivity index (χ1v) is 5.80. The zero-order valence-corrected chi connectivity index (χ0v) is 9.62. The predicted octanol–water partition coefficient (Wildman–Crippen LogP) is 2.14. The van der Waals surface area contributed by atoms with Crippen LogP contribution in [-0.4, -0.2) is 25.3 Å². The molecule has 0 spiro atoms. The average Bonchev–Trinajstić information content (AvgIpc) is 2.50. The lowest BCUT2D eigenvalue weighted by Gasteiger charge is -2.25. The van der Waals surface area contributed by atoms with Gasteiger partial charge >= 0.3 is 0 Å². The van der Waals surface area contributed by atoms with Gasteiger partial charge in [0.1, 0.15) is 13.2 Å². The van der Waals surface area contributed by atoms with Crippen LogP contribution in [0.15, 0.2) is 0 Å². The molecule has 1 saturated heterocycles. The van der Waals surface area contributed by atoms with Crippen LogP contribution >= 0.6 is 0 Å². The molecule has 0 aromatic carbocycles. The summed E-state index contributed by atoms with van der Waals surface area (Å²) >= 11 is 0. The molecule has 3 heteroatoms. The Kier molecular flexibility index (Phi) is 3.12. The Labute approximate surface area is 91.1 Å². The largest absolute Gasteiger partial charge is 0.345 e. The summed E-state index contributed by atoms with van der Waals surface area (Å²) in [5.41, 5.74) is 0.481. The topological polar surface area (TPSA) is 35.5 Å². The van der Waals surface area contributed by atoms with Crippen molar-refractivity contribution in [2.24, 2.45) is 11.3 Å². The average molecular weight is 212 g/mol. The van der Waals surface area contributed by atoms with Crippen molar-refractivity contribution in [2.45, 2.75) is 45.8 Å². The lowest BCUT2D eigenvalue weighted by molar-refractivity contribution is -0.191. The van der Waals surface area contributed by atoms with Crippen LogP contribution in [0.2, 0.25) is 0 Å². The molecule has 2 fully saturated rings. The fraction of sp³-hybridized carbons (Fsp3) is 0.917. The zero-order valence-electron chi connectivity index (χ0n) is 9.62. The highest BCUT2D eigenvalue weighted by atomic mass is 16.7. The van der Waals surface area contributed by atoms with E-state index >= 15 is 0 Å². The lowest BCUT2D eigenvalue weighted by atomic mass is 9.90. The second kappa shape index (κ2) is 4.22. The number of carbonyl (C=O) groups is 1. The molecular formula is C12H20O3. The van der Waals surface area contributed by atoms with E-state index in [2.05, 4.69) is 13.8 Å². The molecule has 1 aliphatic heterocycles. The monoisotopic (exact) mass is 212 g/mol. The summed E-state index contributed by atoms with van der Waals surface area (Å²) in [6.07, 6.45) is 4.63. The predicted molar refractivity (Wildman–Crippen MR) is 56.4 cm³/mol. The van der Waals surface area contributed by atoms with Crippen LogP contribution in [0.4, 0.5) is 0 Å². The molecule has 0 amide bonds. The number of ketones is 1. The van der Waals surface area contributed by atoms with Gasteiger partial charge in [0.2, 0.25) is 0 Å². The third-order valence-corrected chi connectivity index (χ3v) is 3.46. The van der Waals surface area contributed by atoms with Gasteiger partial charge < -0.3 is 9.47 Å². The fourth-order valence-electron chi connectivity index (χ4n) is 2.65. The maximum absolute atomic E-state index is 10.9. The van der Waals surface area contributed by atoms with Crippen LogP contribution in [0, 0.1) is 11.3 Å². The first-order valence-electron chi connectivity index (χ1n) is 5.80. The smallest absolute Gasteiger partial charge is 0.184 e. The Morgan fingerprint density at radius 1 is 1.33 bits per heavy atom. The van der Waals surface area contributed by atoms with Crippen molar-refractivity contribution in [2.75, 3.05) is 13.2 Å². The minimum atomic E-state index is -0.137. The summed E-state index contributed by atoms with van der Waals surface area (Å²) in [5.74, 6) is 0.760. The SMILES string of the molecule is CC1(C)CCC(CC2OCC(=O)CO2)C1. The van der Waals surface area contributed by atoms with Crippen LogP contribution in [0.5, 0.6) is 0 Å². The zero-order chi connectivity index (χ0) is 10.9. The number of hydrogen-bond donors (Lipinski definition) is 0. The molecular weight excluding hydrogens is 192 g/mol. The highest BCUT2D eigenvalue weighted by molar-refractivity contribution is 5.81. The number of hydrogen-bond acceptors (Lipinski definition) is 3. The van der Waals surface area contributed by atoms with Gasteiger partial charge in [0.25, 0.3) is 0 Å². The molecule has 0 radical (unpaired) electrons. The molecule has 2 rings (SSSR count).